The van der Waals surface area contributed by atoms with Gasteiger partial charge in [0, 0.05) is 24.7 Å². The van der Waals surface area contributed by atoms with Gasteiger partial charge in [-0.2, -0.15) is 0 Å². The normalized spacial score (nSPS) is 16.5. The lowest BCUT2D eigenvalue weighted by molar-refractivity contribution is -0.143. The van der Waals surface area contributed by atoms with Gasteiger partial charge in [0.15, 0.2) is 11.5 Å². The summed E-state index contributed by atoms with van der Waals surface area (Å²) >= 11 is 0. The van der Waals surface area contributed by atoms with Crippen LogP contribution in [0.1, 0.15) is 6.42 Å². The Morgan fingerprint density at radius 3 is 2.54 bits per heavy atom. The second-order valence-corrected chi connectivity index (χ2v) is 5.64. The molecule has 0 bridgehead atoms. The first kappa shape index (κ1) is 17.5. The van der Waals surface area contributed by atoms with Crippen LogP contribution in [0.4, 0.5) is 10.5 Å². The van der Waals surface area contributed by atoms with Crippen LogP contribution >= 0.6 is 0 Å². The maximum atomic E-state index is 12.2. The van der Waals surface area contributed by atoms with Crippen LogP contribution in [0.2, 0.25) is 0 Å². The number of nitrogens with one attached hydrogen (secondary N) is 1. The molecule has 1 N–H and O–H groups in total. The monoisotopic (exact) mass is 359 g/mol. The van der Waals surface area contributed by atoms with Gasteiger partial charge in [-0.25, -0.2) is 9.69 Å². The van der Waals surface area contributed by atoms with Gasteiger partial charge in [0.1, 0.15) is 6.54 Å². The van der Waals surface area contributed by atoms with E-state index in [0.717, 1.165) is 11.3 Å². The van der Waals surface area contributed by atoms with E-state index in [4.69, 9.17) is 9.47 Å². The third kappa shape index (κ3) is 3.37. The Hall–Kier alpha value is -3.36. The summed E-state index contributed by atoms with van der Waals surface area (Å²) < 4.78 is 11.0. The van der Waals surface area contributed by atoms with Crippen LogP contribution in [0, 0.1) is 0 Å². The first-order chi connectivity index (χ1) is 12.5. The Morgan fingerprint density at radius 1 is 1.12 bits per heavy atom. The number of urea groups is 1. The highest BCUT2D eigenvalue weighted by atomic mass is 16.5. The number of carbonyl (C=O) groups is 4. The van der Waals surface area contributed by atoms with E-state index < -0.39 is 30.3 Å². The zero-order valence-electron chi connectivity index (χ0n) is 13.9. The van der Waals surface area contributed by atoms with E-state index >= 15 is 0 Å². The summed E-state index contributed by atoms with van der Waals surface area (Å²) in [4.78, 5) is 49.2. The van der Waals surface area contributed by atoms with E-state index in [1.54, 1.807) is 18.2 Å². The topological polar surface area (TPSA) is 105 Å². The Labute approximate surface area is 149 Å². The SMILES string of the molecule is C=CCN1C(=O)C(=O)N(CC(=O)Nc2ccc3c(c2)OCCCO3)C1=O. The van der Waals surface area contributed by atoms with Gasteiger partial charge in [-0.15, -0.1) is 6.58 Å². The second-order valence-electron chi connectivity index (χ2n) is 5.64. The molecule has 0 unspecified atom stereocenters. The number of hydrogen-bond acceptors (Lipinski definition) is 6. The maximum Gasteiger partial charge on any atom is 0.335 e. The minimum atomic E-state index is -1.04. The van der Waals surface area contributed by atoms with E-state index in [1.807, 2.05) is 0 Å². The number of benzene rings is 1. The molecule has 3 rings (SSSR count). The van der Waals surface area contributed by atoms with E-state index in [-0.39, 0.29) is 6.54 Å². The molecule has 0 aromatic heterocycles. The predicted octanol–water partition coefficient (Wildman–Crippen LogP) is 0.763. The van der Waals surface area contributed by atoms with Crippen LogP contribution in [-0.2, 0) is 14.4 Å². The van der Waals surface area contributed by atoms with Crippen molar-refractivity contribution in [1.82, 2.24) is 9.80 Å². The van der Waals surface area contributed by atoms with Gasteiger partial charge in [0.05, 0.1) is 13.2 Å². The van der Waals surface area contributed by atoms with E-state index in [0.29, 0.717) is 35.3 Å². The molecule has 0 spiro atoms. The lowest BCUT2D eigenvalue weighted by atomic mass is 10.2. The van der Waals surface area contributed by atoms with Crippen molar-refractivity contribution < 1.29 is 28.7 Å². The van der Waals surface area contributed by atoms with Crippen molar-refractivity contribution in [3.63, 3.8) is 0 Å². The van der Waals surface area contributed by atoms with Crippen LogP contribution in [0.25, 0.3) is 0 Å². The molecule has 2 aliphatic rings. The van der Waals surface area contributed by atoms with Crippen LogP contribution in [-0.4, -0.2) is 59.9 Å². The number of nitrogens with zero attached hydrogens (tertiary/aromatic N) is 2. The van der Waals surface area contributed by atoms with Gasteiger partial charge in [0.2, 0.25) is 5.91 Å². The largest absolute Gasteiger partial charge is 0.490 e. The number of anilines is 1. The van der Waals surface area contributed by atoms with Gasteiger partial charge >= 0.3 is 17.8 Å². The molecule has 1 aromatic carbocycles. The summed E-state index contributed by atoms with van der Waals surface area (Å²) in [6.45, 7) is 3.82. The number of carbonyl (C=O) groups excluding carboxylic acids is 4. The lowest BCUT2D eigenvalue weighted by Gasteiger charge is -2.14. The fourth-order valence-electron chi connectivity index (χ4n) is 2.57. The lowest BCUT2D eigenvalue weighted by Crippen LogP contribution is -2.39. The molecule has 1 saturated heterocycles. The predicted molar refractivity (Wildman–Crippen MR) is 89.7 cm³/mol. The molecule has 2 heterocycles. The van der Waals surface area contributed by atoms with E-state index in [9.17, 15) is 19.2 Å². The zero-order valence-corrected chi connectivity index (χ0v) is 13.9. The van der Waals surface area contributed by atoms with Crippen LogP contribution in [0.3, 0.4) is 0 Å². The molecule has 0 atom stereocenters. The summed E-state index contributed by atoms with van der Waals surface area (Å²) in [5.41, 5.74) is 0.424. The van der Waals surface area contributed by atoms with Crippen LogP contribution in [0.15, 0.2) is 30.9 Å². The second kappa shape index (κ2) is 7.26. The Morgan fingerprint density at radius 2 is 1.81 bits per heavy atom. The van der Waals surface area contributed by atoms with Crippen molar-refractivity contribution in [3.8, 4) is 11.5 Å². The molecule has 5 amide bonds. The molecule has 9 nitrogen and oxygen atoms in total. The molecule has 2 aliphatic heterocycles. The molecule has 0 radical (unpaired) electrons. The fourth-order valence-corrected chi connectivity index (χ4v) is 2.57. The highest BCUT2D eigenvalue weighted by Gasteiger charge is 2.44. The number of amides is 5. The molecular formula is C17H17N3O6. The minimum absolute atomic E-state index is 0.0936. The van der Waals surface area contributed by atoms with Crippen molar-refractivity contribution in [2.45, 2.75) is 6.42 Å². The Bertz CT molecular complexity index is 791. The third-order valence-electron chi connectivity index (χ3n) is 3.78. The van der Waals surface area contributed by atoms with E-state index in [1.165, 1.54) is 6.08 Å². The molecular weight excluding hydrogens is 342 g/mol. The van der Waals surface area contributed by atoms with E-state index in [2.05, 4.69) is 11.9 Å². The Balaban J connectivity index is 1.67. The molecule has 0 aliphatic carbocycles. The number of fused-ring (bicyclic) bond motifs is 1. The van der Waals surface area contributed by atoms with Gasteiger partial charge in [-0.3, -0.25) is 19.3 Å². The summed E-state index contributed by atoms with van der Waals surface area (Å²) in [6, 6.07) is 4.04. The fraction of sp³-hybridized carbons (Fsp3) is 0.294. The highest BCUT2D eigenvalue weighted by molar-refractivity contribution is 6.45. The average molecular weight is 359 g/mol. The van der Waals surface area contributed by atoms with Crippen molar-refractivity contribution in [2.24, 2.45) is 0 Å². The molecule has 0 saturated carbocycles. The summed E-state index contributed by atoms with van der Waals surface area (Å²) in [7, 11) is 0. The molecule has 1 fully saturated rings. The summed E-state index contributed by atoms with van der Waals surface area (Å²) in [5.74, 6) is -1.55. The van der Waals surface area contributed by atoms with Gasteiger partial charge in [-0.1, -0.05) is 6.08 Å². The van der Waals surface area contributed by atoms with Gasteiger partial charge in [0.25, 0.3) is 0 Å². The van der Waals surface area contributed by atoms with Crippen molar-refractivity contribution in [2.75, 3.05) is 31.6 Å². The molecule has 9 heteroatoms. The maximum absolute atomic E-state index is 12.2. The molecule has 26 heavy (non-hydrogen) atoms. The summed E-state index contributed by atoms with van der Waals surface area (Å²) in [6.07, 6.45) is 2.08. The smallest absolute Gasteiger partial charge is 0.335 e. The Kier molecular flexibility index (Phi) is 4.87. The van der Waals surface area contributed by atoms with Crippen LogP contribution < -0.4 is 14.8 Å². The van der Waals surface area contributed by atoms with Crippen LogP contribution in [0.5, 0.6) is 11.5 Å². The first-order valence-electron chi connectivity index (χ1n) is 7.99. The average Bonchev–Trinajstić information content (AvgIpc) is 2.80. The molecule has 1 aromatic rings. The quantitative estimate of drug-likeness (QED) is 0.473. The number of ether oxygens (including phenoxy) is 2. The third-order valence-corrected chi connectivity index (χ3v) is 3.78. The van der Waals surface area contributed by atoms with Gasteiger partial charge in [-0.05, 0) is 12.1 Å². The number of hydrogen-bond donors (Lipinski definition) is 1. The van der Waals surface area contributed by atoms with Crippen molar-refractivity contribution >= 4 is 29.4 Å². The van der Waals surface area contributed by atoms with Crippen molar-refractivity contribution in [1.29, 1.82) is 0 Å². The standard InChI is InChI=1S/C17H17N3O6/c1-2-6-19-15(22)16(23)20(17(19)24)10-14(21)18-11-4-5-12-13(9-11)26-8-3-7-25-12/h2,4-5,9H,1,3,6-8,10H2,(H,18,21). The molecule has 136 valence electrons. The number of imide groups is 2. The minimum Gasteiger partial charge on any atom is -0.490 e. The number of rotatable bonds is 5. The summed E-state index contributed by atoms with van der Waals surface area (Å²) in [5, 5.41) is 2.57. The van der Waals surface area contributed by atoms with Crippen molar-refractivity contribution in [3.05, 3.63) is 30.9 Å². The highest BCUT2D eigenvalue weighted by Crippen LogP contribution is 2.32. The zero-order chi connectivity index (χ0) is 18.7. The first-order valence-corrected chi connectivity index (χ1v) is 7.99. The van der Waals surface area contributed by atoms with Gasteiger partial charge < -0.3 is 14.8 Å².